The summed E-state index contributed by atoms with van der Waals surface area (Å²) in [6.07, 6.45) is 3.44. The Labute approximate surface area is 91.4 Å². The number of aryl methyl sites for hydroxylation is 1. The zero-order valence-corrected chi connectivity index (χ0v) is 8.71. The number of anilines is 1. The van der Waals surface area contributed by atoms with E-state index in [9.17, 15) is 0 Å². The van der Waals surface area contributed by atoms with Crippen LogP contribution in [0.1, 0.15) is 0 Å². The average molecular weight is 214 g/mol. The molecule has 0 unspecified atom stereocenters. The van der Waals surface area contributed by atoms with Gasteiger partial charge in [0.2, 0.25) is 0 Å². The van der Waals surface area contributed by atoms with Gasteiger partial charge in [-0.3, -0.25) is 4.68 Å². The molecule has 0 radical (unpaired) electrons. The van der Waals surface area contributed by atoms with Crippen LogP contribution in [0.2, 0.25) is 0 Å². The van der Waals surface area contributed by atoms with Crippen molar-refractivity contribution in [3.63, 3.8) is 0 Å². The second kappa shape index (κ2) is 3.10. The van der Waals surface area contributed by atoms with Gasteiger partial charge >= 0.3 is 0 Å². The Morgan fingerprint density at radius 1 is 1.31 bits per heavy atom. The molecule has 80 valence electrons. The summed E-state index contributed by atoms with van der Waals surface area (Å²) < 4.78 is 6.69. The molecule has 5 nitrogen and oxygen atoms in total. The van der Waals surface area contributed by atoms with Gasteiger partial charge in [0, 0.05) is 18.0 Å². The van der Waals surface area contributed by atoms with Crippen molar-refractivity contribution >= 4 is 16.8 Å². The number of hydrogen-bond donors (Lipinski definition) is 1. The third-order valence-electron chi connectivity index (χ3n) is 2.65. The Hall–Kier alpha value is -2.30. The van der Waals surface area contributed by atoms with Crippen LogP contribution in [0.5, 0.6) is 0 Å². The Morgan fingerprint density at radius 2 is 2.19 bits per heavy atom. The summed E-state index contributed by atoms with van der Waals surface area (Å²) in [4.78, 5) is 0. The normalized spacial score (nSPS) is 11.1. The highest BCUT2D eigenvalue weighted by molar-refractivity contribution is 5.85. The minimum Gasteiger partial charge on any atom is -0.383 e. The van der Waals surface area contributed by atoms with Crippen molar-refractivity contribution in [2.24, 2.45) is 7.05 Å². The van der Waals surface area contributed by atoms with Gasteiger partial charge in [0.25, 0.3) is 0 Å². The van der Waals surface area contributed by atoms with Crippen molar-refractivity contribution in [1.29, 1.82) is 0 Å². The molecule has 2 aromatic heterocycles. The van der Waals surface area contributed by atoms with Crippen molar-refractivity contribution in [2.45, 2.75) is 0 Å². The fourth-order valence-electron chi connectivity index (χ4n) is 1.71. The van der Waals surface area contributed by atoms with Gasteiger partial charge in [0.15, 0.2) is 5.58 Å². The summed E-state index contributed by atoms with van der Waals surface area (Å²) >= 11 is 0. The van der Waals surface area contributed by atoms with Crippen molar-refractivity contribution in [1.82, 2.24) is 14.9 Å². The Balaban J connectivity index is 2.21. The summed E-state index contributed by atoms with van der Waals surface area (Å²) in [5.74, 6) is 0.649. The van der Waals surface area contributed by atoms with E-state index in [1.165, 1.54) is 0 Å². The van der Waals surface area contributed by atoms with E-state index in [0.29, 0.717) is 5.82 Å². The lowest BCUT2D eigenvalue weighted by Crippen LogP contribution is -1.97. The van der Waals surface area contributed by atoms with Gasteiger partial charge in [-0.15, -0.1) is 0 Å². The molecule has 0 atom stereocenters. The van der Waals surface area contributed by atoms with Crippen molar-refractivity contribution < 1.29 is 4.52 Å². The molecule has 0 amide bonds. The van der Waals surface area contributed by atoms with Gasteiger partial charge < -0.3 is 10.3 Å². The molecule has 0 aliphatic carbocycles. The standard InChI is InChI=1S/C11H10N4O/c1-15-11(12)9(6-13-15)7-2-3-10-8(4-7)5-14-16-10/h2-6H,12H2,1H3. The second-order valence-electron chi connectivity index (χ2n) is 3.65. The predicted molar refractivity (Wildman–Crippen MR) is 60.6 cm³/mol. The monoisotopic (exact) mass is 214 g/mol. The SMILES string of the molecule is Cn1ncc(-c2ccc3oncc3c2)c1N. The van der Waals surface area contributed by atoms with Crippen LogP contribution in [-0.4, -0.2) is 14.9 Å². The quantitative estimate of drug-likeness (QED) is 0.670. The minimum absolute atomic E-state index is 0.649. The van der Waals surface area contributed by atoms with Gasteiger partial charge in [-0.2, -0.15) is 5.10 Å². The zero-order chi connectivity index (χ0) is 11.1. The van der Waals surface area contributed by atoms with Crippen LogP contribution in [0, 0.1) is 0 Å². The molecule has 0 saturated heterocycles. The van der Waals surface area contributed by atoms with Crippen molar-refractivity contribution in [2.75, 3.05) is 5.73 Å². The lowest BCUT2D eigenvalue weighted by atomic mass is 10.1. The largest absolute Gasteiger partial charge is 0.383 e. The lowest BCUT2D eigenvalue weighted by Gasteiger charge is -2.00. The smallest absolute Gasteiger partial charge is 0.166 e. The summed E-state index contributed by atoms with van der Waals surface area (Å²) in [5, 5.41) is 8.81. The van der Waals surface area contributed by atoms with E-state index in [-0.39, 0.29) is 0 Å². The Morgan fingerprint density at radius 3 is 2.94 bits per heavy atom. The maximum absolute atomic E-state index is 5.92. The molecule has 0 spiro atoms. The number of nitrogens with two attached hydrogens (primary N) is 1. The van der Waals surface area contributed by atoms with Crippen LogP contribution in [0.15, 0.2) is 35.1 Å². The van der Waals surface area contributed by atoms with Crippen molar-refractivity contribution in [3.05, 3.63) is 30.6 Å². The first-order chi connectivity index (χ1) is 7.75. The maximum Gasteiger partial charge on any atom is 0.166 e. The molecule has 0 saturated carbocycles. The van der Waals surface area contributed by atoms with E-state index in [0.717, 1.165) is 22.1 Å². The average Bonchev–Trinajstić information content (AvgIpc) is 2.86. The number of nitrogen functional groups attached to an aromatic ring is 1. The number of nitrogens with zero attached hydrogens (tertiary/aromatic N) is 3. The van der Waals surface area contributed by atoms with Gasteiger partial charge in [0.05, 0.1) is 12.4 Å². The first kappa shape index (κ1) is 8.96. The number of fused-ring (bicyclic) bond motifs is 1. The summed E-state index contributed by atoms with van der Waals surface area (Å²) in [6, 6.07) is 5.81. The molecule has 0 fully saturated rings. The fourth-order valence-corrected chi connectivity index (χ4v) is 1.71. The molecule has 16 heavy (non-hydrogen) atoms. The molecular weight excluding hydrogens is 204 g/mol. The van der Waals surface area contributed by atoms with Gasteiger partial charge in [-0.1, -0.05) is 11.2 Å². The molecule has 0 bridgehead atoms. The third kappa shape index (κ3) is 1.18. The van der Waals surface area contributed by atoms with Crippen LogP contribution < -0.4 is 5.73 Å². The van der Waals surface area contributed by atoms with Gasteiger partial charge in [0.1, 0.15) is 5.82 Å². The molecular formula is C11H10N4O. The topological polar surface area (TPSA) is 69.9 Å². The molecule has 3 rings (SSSR count). The molecule has 3 aromatic rings. The Kier molecular flexibility index (Phi) is 1.73. The number of aromatic nitrogens is 3. The number of benzene rings is 1. The highest BCUT2D eigenvalue weighted by Gasteiger charge is 2.08. The van der Waals surface area contributed by atoms with Crippen LogP contribution in [0.3, 0.4) is 0 Å². The maximum atomic E-state index is 5.92. The first-order valence-electron chi connectivity index (χ1n) is 4.88. The third-order valence-corrected chi connectivity index (χ3v) is 2.65. The summed E-state index contributed by atoms with van der Waals surface area (Å²) in [5.41, 5.74) is 8.62. The molecule has 2 N–H and O–H groups in total. The van der Waals surface area contributed by atoms with Gasteiger partial charge in [-0.05, 0) is 17.7 Å². The van der Waals surface area contributed by atoms with E-state index >= 15 is 0 Å². The van der Waals surface area contributed by atoms with E-state index in [1.54, 1.807) is 17.1 Å². The molecule has 0 aliphatic heterocycles. The van der Waals surface area contributed by atoms with E-state index in [4.69, 9.17) is 10.3 Å². The first-order valence-corrected chi connectivity index (χ1v) is 4.88. The van der Waals surface area contributed by atoms with Crippen LogP contribution in [0.4, 0.5) is 5.82 Å². The fraction of sp³-hybridized carbons (Fsp3) is 0.0909. The summed E-state index contributed by atoms with van der Waals surface area (Å²) in [7, 11) is 1.82. The predicted octanol–water partition coefficient (Wildman–Crippen LogP) is 1.81. The molecule has 2 heterocycles. The zero-order valence-electron chi connectivity index (χ0n) is 8.71. The van der Waals surface area contributed by atoms with Crippen LogP contribution in [0.25, 0.3) is 22.1 Å². The summed E-state index contributed by atoms with van der Waals surface area (Å²) in [6.45, 7) is 0. The van der Waals surface area contributed by atoms with E-state index in [2.05, 4.69) is 10.3 Å². The Bertz CT molecular complexity index is 653. The molecule has 0 aliphatic rings. The lowest BCUT2D eigenvalue weighted by molar-refractivity contribution is 0.456. The van der Waals surface area contributed by atoms with Crippen molar-refractivity contribution in [3.8, 4) is 11.1 Å². The highest BCUT2D eigenvalue weighted by Crippen LogP contribution is 2.27. The van der Waals surface area contributed by atoms with Gasteiger partial charge in [-0.25, -0.2) is 0 Å². The second-order valence-corrected chi connectivity index (χ2v) is 3.65. The highest BCUT2D eigenvalue weighted by atomic mass is 16.5. The van der Waals surface area contributed by atoms with Crippen LogP contribution >= 0.6 is 0 Å². The molecule has 1 aromatic carbocycles. The number of rotatable bonds is 1. The minimum atomic E-state index is 0.649. The molecule has 5 heteroatoms. The number of hydrogen-bond acceptors (Lipinski definition) is 4. The van der Waals surface area contributed by atoms with E-state index < -0.39 is 0 Å². The van der Waals surface area contributed by atoms with Crippen LogP contribution in [-0.2, 0) is 7.05 Å². The van der Waals surface area contributed by atoms with E-state index in [1.807, 2.05) is 25.2 Å².